The first-order chi connectivity index (χ1) is 57.8. The lowest BCUT2D eigenvalue weighted by Crippen LogP contribution is -2.62. The average Bonchev–Trinajstić information content (AvgIpc) is 1.61. The molecule has 0 atom stereocenters. The van der Waals surface area contributed by atoms with E-state index in [0.29, 0.717) is 138 Å². The number of nitrogen functional groups attached to an aromatic ring is 1. The standard InChI is InChI=1S/C36H54N3O9P.C30H31ClFN5O4.C25H29ClFN3O4S/c1-33(2,3)25-19-26(23-9-13-34(4,5)14-10-23)37-27-20-28(48-29(25)27)31(41)39-18-17-38(21-35(39,6)7)30(40)24-11-15-36(8,16-12-24)32(42)46-22-47-49(43,44)45;1-29(2,3)18-13-21(16-6-8-19(31)20(32)12-16)34-22-14-23(41-25(18)22)27(38)37-11-10-36(15-30(37,4)5)24-9-7-17(28(39)40)26(33)35-24;1-24(2,3)16-12-19(15-7-8-17(26)18(27)11-15)28-20-13-21(34-22(16)20)23(31)30-10-9-29(35(6,32)33)14-25(30,4)5/h19-20,23-24H,9-18,21-22H2,1-8H3,(H2,43,44,45);6-9,12-14H,10-11,15H2,1-5H3,(H2,33,35)(H,39,40);7-8,11-13H,9-10,14H2,1-6H3. The molecule has 2 aliphatic carbocycles. The van der Waals surface area contributed by atoms with Gasteiger partial charge in [0.25, 0.3) is 17.7 Å². The number of rotatable bonds is 14. The quantitative estimate of drug-likeness (QED) is 0.0446. The number of carbonyl (C=O) groups excluding carboxylic acids is 5. The van der Waals surface area contributed by atoms with Gasteiger partial charge in [0.1, 0.15) is 45.4 Å². The fourth-order valence-electron chi connectivity index (χ4n) is 17.3. The number of hydrogen-bond donors (Lipinski definition) is 4. The molecule has 0 spiro atoms. The number of hydrogen-bond acceptors (Lipinski definition) is 20. The minimum Gasteiger partial charge on any atom is -0.478 e. The van der Waals surface area contributed by atoms with Crippen molar-refractivity contribution in [3.63, 3.8) is 0 Å². The monoisotopic (exact) mass is 1800 g/mol. The molecule has 14 rings (SSSR count). The molecular formula is C91H114Cl2F2N11O17PS. The number of carbonyl (C=O) groups is 6. The summed E-state index contributed by atoms with van der Waals surface area (Å²) in [6, 6.07) is 23.0. The van der Waals surface area contributed by atoms with Crippen LogP contribution in [0.25, 0.3) is 55.8 Å². The Morgan fingerprint density at radius 3 is 1.40 bits per heavy atom. The highest BCUT2D eigenvalue weighted by atomic mass is 35.5. The third-order valence-corrected chi connectivity index (χ3v) is 27.0. The van der Waals surface area contributed by atoms with Crippen LogP contribution in [0.4, 0.5) is 20.4 Å². The van der Waals surface area contributed by atoms with Crippen LogP contribution in [0.15, 0.2) is 98.2 Å². The number of carboxylic acid groups (broad SMARTS) is 1. The van der Waals surface area contributed by atoms with E-state index in [0.717, 1.165) is 48.1 Å². The van der Waals surface area contributed by atoms with Gasteiger partial charge in [-0.25, -0.2) is 51.0 Å². The summed E-state index contributed by atoms with van der Waals surface area (Å²) in [5.74, 6) is -2.51. The smallest absolute Gasteiger partial charge is 0.472 e. The van der Waals surface area contributed by atoms with Crippen molar-refractivity contribution in [2.75, 3.05) is 82.6 Å². The lowest BCUT2D eigenvalue weighted by atomic mass is 9.71. The molecule has 0 radical (unpaired) electrons. The number of aromatic carboxylic acids is 1. The number of anilines is 2. The van der Waals surface area contributed by atoms with Crippen LogP contribution in [0, 0.1) is 28.4 Å². The van der Waals surface area contributed by atoms with E-state index in [1.807, 2.05) is 105 Å². The Labute approximate surface area is 737 Å². The topological polar surface area (TPSA) is 369 Å². The van der Waals surface area contributed by atoms with Crippen LogP contribution >= 0.6 is 31.0 Å². The second-order valence-corrected chi connectivity index (χ2v) is 43.7. The first-order valence-electron chi connectivity index (χ1n) is 41.9. The number of phosphoric acid groups is 1. The summed E-state index contributed by atoms with van der Waals surface area (Å²) in [5.41, 5.74) is 11.7. The maximum absolute atomic E-state index is 14.2. The molecule has 7 aromatic heterocycles. The van der Waals surface area contributed by atoms with E-state index in [1.54, 1.807) is 58.0 Å². The molecule has 3 saturated heterocycles. The summed E-state index contributed by atoms with van der Waals surface area (Å²) in [6.07, 6.45) is 7.45. The van der Waals surface area contributed by atoms with Crippen molar-refractivity contribution >= 4 is 122 Å². The first-order valence-corrected chi connectivity index (χ1v) is 46.0. The van der Waals surface area contributed by atoms with Gasteiger partial charge < -0.3 is 63.1 Å². The van der Waals surface area contributed by atoms with Crippen molar-refractivity contribution in [2.24, 2.45) is 16.7 Å². The van der Waals surface area contributed by atoms with E-state index < -0.39 is 70.2 Å². The molecule has 674 valence electrons. The van der Waals surface area contributed by atoms with Gasteiger partial charge in [0.15, 0.2) is 34.0 Å². The van der Waals surface area contributed by atoms with Crippen LogP contribution in [0.3, 0.4) is 0 Å². The number of nitrogens with zero attached hydrogens (tertiary/aromatic N) is 10. The number of pyridine rings is 4. The number of aromatic nitrogens is 4. The van der Waals surface area contributed by atoms with E-state index in [4.69, 9.17) is 66.7 Å². The second-order valence-electron chi connectivity index (χ2n) is 39.6. The summed E-state index contributed by atoms with van der Waals surface area (Å²) in [4.78, 5) is 124. The third kappa shape index (κ3) is 21.0. The van der Waals surface area contributed by atoms with Gasteiger partial charge in [0.2, 0.25) is 22.7 Å². The van der Waals surface area contributed by atoms with Crippen LogP contribution in [-0.4, -0.2) is 191 Å². The zero-order valence-corrected chi connectivity index (χ0v) is 77.7. The number of furan rings is 3. The van der Waals surface area contributed by atoms with E-state index in [-0.39, 0.29) is 104 Å². The van der Waals surface area contributed by atoms with E-state index in [2.05, 4.69) is 55.2 Å². The number of phosphoric ester groups is 1. The molecule has 9 aromatic rings. The number of benzene rings is 2. The molecule has 5 aliphatic rings. The second kappa shape index (κ2) is 35.0. The fourth-order valence-corrected chi connectivity index (χ4v) is 18.7. The lowest BCUT2D eigenvalue weighted by molar-refractivity contribution is -0.166. The molecule has 5 N–H and O–H groups in total. The van der Waals surface area contributed by atoms with Gasteiger partial charge in [0, 0.05) is 122 Å². The minimum absolute atomic E-state index is 0.00168. The SMILES string of the molecule is CC(C)(C)c1cc(-c2ccc(Cl)c(F)c2)nc2cc(C(=O)N3CCN(S(C)(=O)=O)CC3(C)C)oc12.CC(C)(C)c1cc(-c2ccc(Cl)c(F)c2)nc2cc(C(=O)N3CCN(c4ccc(C(=O)O)c(N)n4)CC3(C)C)oc12.CC1(C)CCC(c2cc(C(C)(C)C)c3oc(C(=O)N4CCN(C(=O)C5CCC(C)(C(=O)OCOP(=O)(O)O)CC5)CC4(C)C)cc3n2)CC1. The van der Waals surface area contributed by atoms with Crippen LogP contribution in [0.2, 0.25) is 10.0 Å². The highest BCUT2D eigenvalue weighted by molar-refractivity contribution is 7.88. The van der Waals surface area contributed by atoms with Crippen LogP contribution in [-0.2, 0) is 49.7 Å². The molecule has 0 unspecified atom stereocenters. The largest absolute Gasteiger partial charge is 0.478 e. The molecule has 2 saturated carbocycles. The minimum atomic E-state index is -4.75. The Hall–Kier alpha value is -9.46. The maximum Gasteiger partial charge on any atom is 0.472 e. The molecule has 10 heterocycles. The Kier molecular flexibility index (Phi) is 26.5. The zero-order valence-electron chi connectivity index (χ0n) is 74.4. The van der Waals surface area contributed by atoms with Gasteiger partial charge in [-0.1, -0.05) is 111 Å². The number of carboxylic acids is 1. The first kappa shape index (κ1) is 94.7. The van der Waals surface area contributed by atoms with Crippen LogP contribution in [0.5, 0.6) is 0 Å². The van der Waals surface area contributed by atoms with Crippen LogP contribution in [0.1, 0.15) is 246 Å². The lowest BCUT2D eigenvalue weighted by Gasteiger charge is -2.48. The van der Waals surface area contributed by atoms with Crippen LogP contribution < -0.4 is 10.6 Å². The Morgan fingerprint density at radius 2 is 0.992 bits per heavy atom. The average molecular weight is 1810 g/mol. The van der Waals surface area contributed by atoms with Gasteiger partial charge in [0.05, 0.1) is 49.7 Å². The number of sulfonamides is 1. The zero-order chi connectivity index (χ0) is 91.9. The number of halogens is 4. The van der Waals surface area contributed by atoms with Crippen molar-refractivity contribution in [2.45, 2.75) is 215 Å². The van der Waals surface area contributed by atoms with Crippen molar-refractivity contribution in [3.8, 4) is 22.5 Å². The van der Waals surface area contributed by atoms with Crippen molar-refractivity contribution in [1.29, 1.82) is 0 Å². The fraction of sp³-hybridized carbons (Fsp3) is 0.516. The van der Waals surface area contributed by atoms with E-state index >= 15 is 0 Å². The van der Waals surface area contributed by atoms with E-state index in [9.17, 15) is 55.6 Å². The number of amides is 4. The van der Waals surface area contributed by atoms with Gasteiger partial charge in [-0.3, -0.25) is 24.0 Å². The summed E-state index contributed by atoms with van der Waals surface area (Å²) < 4.78 is 92.5. The van der Waals surface area contributed by atoms with Gasteiger partial charge in [-0.05, 0) is 176 Å². The normalized spacial score (nSPS) is 19.7. The summed E-state index contributed by atoms with van der Waals surface area (Å²) in [7, 11) is -8.11. The number of nitrogens with two attached hydrogens (primary N) is 1. The van der Waals surface area contributed by atoms with Crippen molar-refractivity contribution in [1.82, 2.24) is 43.8 Å². The Morgan fingerprint density at radius 1 is 0.560 bits per heavy atom. The highest BCUT2D eigenvalue weighted by Crippen LogP contribution is 2.47. The summed E-state index contributed by atoms with van der Waals surface area (Å²) >= 11 is 11.7. The molecule has 4 amide bonds. The highest BCUT2D eigenvalue weighted by Gasteiger charge is 2.47. The Bertz CT molecular complexity index is 5860. The molecular weight excluding hydrogens is 1690 g/mol. The molecule has 0 bridgehead atoms. The number of ether oxygens (including phenoxy) is 1. The van der Waals surface area contributed by atoms with Crippen molar-refractivity contribution in [3.05, 3.63) is 152 Å². The molecule has 2 aromatic carbocycles. The number of esters is 1. The third-order valence-electron chi connectivity index (χ3n) is 24.7. The van der Waals surface area contributed by atoms with Crippen molar-refractivity contribution < 1.29 is 87.9 Å². The predicted octanol–water partition coefficient (Wildman–Crippen LogP) is 17.8. The summed E-state index contributed by atoms with van der Waals surface area (Å²) in [5, 5.41) is 9.31. The molecule has 5 fully saturated rings. The molecule has 28 nitrogen and oxygen atoms in total. The summed E-state index contributed by atoms with van der Waals surface area (Å²) in [6.45, 7) is 38.7. The number of piperazine rings is 3. The predicted molar refractivity (Wildman–Crippen MR) is 474 cm³/mol. The van der Waals surface area contributed by atoms with E-state index in [1.165, 1.54) is 40.9 Å². The molecule has 125 heavy (non-hydrogen) atoms. The Balaban J connectivity index is 0.000000173. The molecule has 34 heteroatoms. The molecule has 3 aliphatic heterocycles. The van der Waals surface area contributed by atoms with Gasteiger partial charge in [-0.2, -0.15) is 4.31 Å². The van der Waals surface area contributed by atoms with Gasteiger partial charge in [-0.15, -0.1) is 0 Å². The number of fused-ring (bicyclic) bond motifs is 3. The van der Waals surface area contributed by atoms with Gasteiger partial charge >= 0.3 is 19.8 Å². The maximum atomic E-state index is 14.2.